The fourth-order valence-electron chi connectivity index (χ4n) is 3.22. The van der Waals surface area contributed by atoms with Crippen LogP contribution in [0, 0.1) is 0 Å². The molecule has 0 bridgehead atoms. The van der Waals surface area contributed by atoms with Crippen LogP contribution in [0.5, 0.6) is 11.5 Å². The van der Waals surface area contributed by atoms with Crippen molar-refractivity contribution in [3.05, 3.63) is 84.4 Å². The van der Waals surface area contributed by atoms with Gasteiger partial charge in [-0.3, -0.25) is 0 Å². The molecule has 0 amide bonds. The number of para-hydroxylation sites is 1. The summed E-state index contributed by atoms with van der Waals surface area (Å²) in [6.07, 6.45) is 0. The van der Waals surface area contributed by atoms with E-state index in [-0.39, 0.29) is 11.5 Å². The summed E-state index contributed by atoms with van der Waals surface area (Å²) >= 11 is 0. The van der Waals surface area contributed by atoms with E-state index in [2.05, 4.69) is 15.3 Å². The maximum absolute atomic E-state index is 11.6. The van der Waals surface area contributed by atoms with Crippen molar-refractivity contribution >= 4 is 17.6 Å². The number of ether oxygens (including phenoxy) is 2. The quantitative estimate of drug-likeness (QED) is 0.415. The molecule has 160 valence electrons. The number of anilines is 2. The molecule has 0 unspecified atom stereocenters. The van der Waals surface area contributed by atoms with E-state index in [0.29, 0.717) is 17.1 Å². The van der Waals surface area contributed by atoms with Crippen molar-refractivity contribution in [1.29, 1.82) is 0 Å². The van der Waals surface area contributed by atoms with Crippen LogP contribution >= 0.6 is 0 Å². The van der Waals surface area contributed by atoms with Gasteiger partial charge in [0.05, 0.1) is 36.9 Å². The normalized spacial score (nSPS) is 10.4. The number of rotatable bonds is 7. The number of methoxy groups -OCH3 is 2. The Labute approximate surface area is 185 Å². The lowest BCUT2D eigenvalue weighted by Crippen LogP contribution is -2.05. The van der Waals surface area contributed by atoms with Crippen molar-refractivity contribution in [1.82, 2.24) is 9.97 Å². The second-order valence-corrected chi connectivity index (χ2v) is 6.89. The van der Waals surface area contributed by atoms with E-state index < -0.39 is 5.97 Å². The Hall–Kier alpha value is -4.39. The number of carboxylic acid groups (broad SMARTS) is 1. The Balaban J connectivity index is 1.80. The van der Waals surface area contributed by atoms with Gasteiger partial charge >= 0.3 is 5.97 Å². The molecule has 0 aliphatic carbocycles. The van der Waals surface area contributed by atoms with Crippen LogP contribution in [0.1, 0.15) is 10.4 Å². The zero-order valence-corrected chi connectivity index (χ0v) is 17.6. The summed E-state index contributed by atoms with van der Waals surface area (Å²) in [5.41, 5.74) is 3.66. The van der Waals surface area contributed by atoms with Crippen molar-refractivity contribution < 1.29 is 19.4 Å². The Morgan fingerprint density at radius 2 is 1.28 bits per heavy atom. The number of nitrogens with zero attached hydrogens (tertiary/aromatic N) is 2. The Morgan fingerprint density at radius 1 is 0.781 bits per heavy atom. The fraction of sp³-hybridized carbons (Fsp3) is 0.0800. The van der Waals surface area contributed by atoms with E-state index in [4.69, 9.17) is 9.47 Å². The molecule has 0 aliphatic heterocycles. The van der Waals surface area contributed by atoms with Crippen LogP contribution in [-0.2, 0) is 0 Å². The van der Waals surface area contributed by atoms with Crippen LogP contribution in [0.4, 0.5) is 11.6 Å². The van der Waals surface area contributed by atoms with Gasteiger partial charge < -0.3 is 19.9 Å². The highest BCUT2D eigenvalue weighted by molar-refractivity contribution is 5.95. The summed E-state index contributed by atoms with van der Waals surface area (Å²) in [5.74, 6) is 0.742. The van der Waals surface area contributed by atoms with E-state index in [1.54, 1.807) is 32.4 Å². The Kier molecular flexibility index (Phi) is 5.98. The van der Waals surface area contributed by atoms with E-state index in [1.807, 2.05) is 54.6 Å². The number of benzene rings is 3. The van der Waals surface area contributed by atoms with Crippen LogP contribution in [0.2, 0.25) is 0 Å². The number of aromatic nitrogens is 2. The molecule has 0 saturated carbocycles. The maximum Gasteiger partial charge on any atom is 0.337 e. The second-order valence-electron chi connectivity index (χ2n) is 6.89. The third-order valence-electron chi connectivity index (χ3n) is 4.90. The van der Waals surface area contributed by atoms with E-state index in [9.17, 15) is 9.90 Å². The van der Waals surface area contributed by atoms with Crippen LogP contribution in [0.25, 0.3) is 22.5 Å². The van der Waals surface area contributed by atoms with Crippen LogP contribution < -0.4 is 14.8 Å². The molecule has 4 rings (SSSR count). The molecule has 7 heteroatoms. The third-order valence-corrected chi connectivity index (χ3v) is 4.90. The molecule has 1 heterocycles. The topological polar surface area (TPSA) is 93.6 Å². The number of carboxylic acids is 1. The minimum atomic E-state index is -1.03. The third kappa shape index (κ3) is 4.52. The van der Waals surface area contributed by atoms with Gasteiger partial charge in [0.2, 0.25) is 5.95 Å². The minimum absolute atomic E-state index is 0.136. The SMILES string of the molecule is COc1ccc(-c2cc(-c3ccc(OC)cc3)nc(Nc3ccccc3C(=O)O)n2)cc1. The van der Waals surface area contributed by atoms with Gasteiger partial charge in [-0.15, -0.1) is 0 Å². The molecule has 0 radical (unpaired) electrons. The van der Waals surface area contributed by atoms with Gasteiger partial charge in [-0.1, -0.05) is 12.1 Å². The van der Waals surface area contributed by atoms with Gasteiger partial charge in [0.15, 0.2) is 0 Å². The molecule has 0 spiro atoms. The molecule has 0 atom stereocenters. The first-order valence-electron chi connectivity index (χ1n) is 9.84. The highest BCUT2D eigenvalue weighted by atomic mass is 16.5. The smallest absolute Gasteiger partial charge is 0.337 e. The van der Waals surface area contributed by atoms with Crippen molar-refractivity contribution in [2.24, 2.45) is 0 Å². The lowest BCUT2D eigenvalue weighted by atomic mass is 10.1. The molecule has 32 heavy (non-hydrogen) atoms. The van der Waals surface area contributed by atoms with Gasteiger partial charge in [0.1, 0.15) is 11.5 Å². The van der Waals surface area contributed by atoms with Gasteiger partial charge in [0.25, 0.3) is 0 Å². The van der Waals surface area contributed by atoms with Crippen molar-refractivity contribution in [3.8, 4) is 34.0 Å². The first kappa shape index (κ1) is 20.9. The number of nitrogens with one attached hydrogen (secondary N) is 1. The van der Waals surface area contributed by atoms with Gasteiger partial charge in [-0.25, -0.2) is 14.8 Å². The molecule has 7 nitrogen and oxygen atoms in total. The summed E-state index contributed by atoms with van der Waals surface area (Å²) in [6, 6.07) is 23.6. The molecule has 2 N–H and O–H groups in total. The first-order valence-corrected chi connectivity index (χ1v) is 9.84. The molecule has 0 saturated heterocycles. The summed E-state index contributed by atoms with van der Waals surface area (Å²) in [7, 11) is 3.23. The molecule has 0 aliphatic rings. The van der Waals surface area contributed by atoms with Gasteiger partial charge in [0, 0.05) is 11.1 Å². The van der Waals surface area contributed by atoms with E-state index >= 15 is 0 Å². The van der Waals surface area contributed by atoms with Gasteiger partial charge in [-0.2, -0.15) is 0 Å². The fourth-order valence-corrected chi connectivity index (χ4v) is 3.22. The van der Waals surface area contributed by atoms with E-state index in [1.165, 1.54) is 6.07 Å². The Morgan fingerprint density at radius 3 is 1.75 bits per heavy atom. The number of carbonyl (C=O) groups is 1. The first-order chi connectivity index (χ1) is 15.6. The highest BCUT2D eigenvalue weighted by Crippen LogP contribution is 2.29. The zero-order chi connectivity index (χ0) is 22.5. The van der Waals surface area contributed by atoms with Crippen LogP contribution in [0.15, 0.2) is 78.9 Å². The number of aromatic carboxylic acids is 1. The van der Waals surface area contributed by atoms with Crippen molar-refractivity contribution in [2.75, 3.05) is 19.5 Å². The largest absolute Gasteiger partial charge is 0.497 e. The monoisotopic (exact) mass is 427 g/mol. The average Bonchev–Trinajstić information content (AvgIpc) is 2.84. The number of hydrogen-bond acceptors (Lipinski definition) is 6. The van der Waals surface area contributed by atoms with Crippen LogP contribution in [-0.4, -0.2) is 35.3 Å². The highest BCUT2D eigenvalue weighted by Gasteiger charge is 2.13. The lowest BCUT2D eigenvalue weighted by Gasteiger charge is -2.12. The summed E-state index contributed by atoms with van der Waals surface area (Å²) < 4.78 is 10.5. The summed E-state index contributed by atoms with van der Waals surface area (Å²) in [4.78, 5) is 20.9. The minimum Gasteiger partial charge on any atom is -0.497 e. The van der Waals surface area contributed by atoms with Crippen molar-refractivity contribution in [2.45, 2.75) is 0 Å². The molecular weight excluding hydrogens is 406 g/mol. The molecule has 4 aromatic rings. The predicted molar refractivity (Wildman–Crippen MR) is 123 cm³/mol. The number of hydrogen-bond donors (Lipinski definition) is 2. The molecule has 1 aromatic heterocycles. The average molecular weight is 427 g/mol. The van der Waals surface area contributed by atoms with Gasteiger partial charge in [-0.05, 0) is 66.7 Å². The summed E-state index contributed by atoms with van der Waals surface area (Å²) in [6.45, 7) is 0. The molecular formula is C25H21N3O4. The Bertz CT molecular complexity index is 1170. The molecule has 3 aromatic carbocycles. The van der Waals surface area contributed by atoms with Crippen LogP contribution in [0.3, 0.4) is 0 Å². The molecule has 0 fully saturated rings. The van der Waals surface area contributed by atoms with E-state index in [0.717, 1.165) is 22.6 Å². The standard InChI is InChI=1S/C25H21N3O4/c1-31-18-11-7-16(8-12-18)22-15-23(17-9-13-19(32-2)14-10-17)28-25(27-22)26-21-6-4-3-5-20(21)24(29)30/h3-15H,1-2H3,(H,29,30)(H,26,27,28). The lowest BCUT2D eigenvalue weighted by molar-refractivity contribution is 0.0698. The maximum atomic E-state index is 11.6. The predicted octanol–water partition coefficient (Wildman–Crippen LogP) is 5.27. The van der Waals surface area contributed by atoms with Crippen molar-refractivity contribution in [3.63, 3.8) is 0 Å². The zero-order valence-electron chi connectivity index (χ0n) is 17.6. The summed E-state index contributed by atoms with van der Waals surface area (Å²) in [5, 5.41) is 12.6. The second kappa shape index (κ2) is 9.18.